The minimum Gasteiger partial charge on any atom is -0.377 e. The van der Waals surface area contributed by atoms with Gasteiger partial charge in [0.15, 0.2) is 5.82 Å². The minimum absolute atomic E-state index is 0.0127. The van der Waals surface area contributed by atoms with Gasteiger partial charge >= 0.3 is 0 Å². The molecule has 1 fully saturated rings. The first-order valence-electron chi connectivity index (χ1n) is 6.79. The van der Waals surface area contributed by atoms with Gasteiger partial charge in [-0.05, 0) is 18.6 Å². The van der Waals surface area contributed by atoms with Crippen molar-refractivity contribution >= 4 is 5.91 Å². The molecule has 0 bridgehead atoms. The van der Waals surface area contributed by atoms with Crippen LogP contribution in [0.15, 0.2) is 29.2 Å². The Kier molecular flexibility index (Phi) is 3.92. The molecule has 0 aliphatic carbocycles. The smallest absolute Gasteiger partial charge is 0.227 e. The largest absolute Gasteiger partial charge is 0.377 e. The number of pyridine rings is 1. The third kappa shape index (κ3) is 3.08. The third-order valence-electron chi connectivity index (χ3n) is 3.45. The van der Waals surface area contributed by atoms with Crippen molar-refractivity contribution in [2.45, 2.75) is 19.4 Å². The summed E-state index contributed by atoms with van der Waals surface area (Å²) in [6.45, 7) is 3.35. The Morgan fingerprint density at radius 3 is 3.05 bits per heavy atom. The molecule has 3 heterocycles. The number of morpholine rings is 1. The van der Waals surface area contributed by atoms with Crippen molar-refractivity contribution in [2.75, 3.05) is 19.8 Å². The summed E-state index contributed by atoms with van der Waals surface area (Å²) in [5.74, 6) is 0.490. The molecule has 0 radical (unpaired) electrons. The van der Waals surface area contributed by atoms with Crippen LogP contribution < -0.4 is 0 Å². The molecular weight excluding hydrogens is 272 g/mol. The van der Waals surface area contributed by atoms with Crippen molar-refractivity contribution in [3.8, 4) is 0 Å². The fourth-order valence-electron chi connectivity index (χ4n) is 2.32. The zero-order valence-corrected chi connectivity index (χ0v) is 11.7. The number of rotatable bonds is 3. The Morgan fingerprint density at radius 2 is 2.33 bits per heavy atom. The number of carbonyl (C=O) groups is 1. The van der Waals surface area contributed by atoms with E-state index in [1.807, 2.05) is 19.1 Å². The topological polar surface area (TPSA) is 81.4 Å². The Bertz CT molecular complexity index is 597. The Hall–Kier alpha value is -2.28. The first kappa shape index (κ1) is 13.7. The minimum atomic E-state index is -0.289. The van der Waals surface area contributed by atoms with E-state index in [4.69, 9.17) is 9.26 Å². The van der Waals surface area contributed by atoms with Gasteiger partial charge in [0.05, 0.1) is 19.6 Å². The van der Waals surface area contributed by atoms with Crippen molar-refractivity contribution < 1.29 is 14.1 Å². The lowest BCUT2D eigenvalue weighted by Gasteiger charge is -2.33. The van der Waals surface area contributed by atoms with Crippen molar-refractivity contribution in [3.63, 3.8) is 0 Å². The molecule has 1 aliphatic heterocycles. The van der Waals surface area contributed by atoms with Crippen molar-refractivity contribution in [1.29, 1.82) is 0 Å². The van der Waals surface area contributed by atoms with Gasteiger partial charge in [-0.15, -0.1) is 0 Å². The van der Waals surface area contributed by atoms with Gasteiger partial charge in [-0.3, -0.25) is 9.78 Å². The number of nitrogens with zero attached hydrogens (tertiary/aromatic N) is 4. The average Bonchev–Trinajstić information content (AvgIpc) is 3.04. The lowest BCUT2D eigenvalue weighted by molar-refractivity contribution is -0.139. The first-order valence-corrected chi connectivity index (χ1v) is 6.79. The number of ether oxygens (including phenoxy) is 1. The predicted octanol–water partition coefficient (Wildman–Crippen LogP) is 0.916. The predicted molar refractivity (Wildman–Crippen MR) is 72.2 cm³/mol. The van der Waals surface area contributed by atoms with Crippen molar-refractivity contribution in [3.05, 3.63) is 41.8 Å². The summed E-state index contributed by atoms with van der Waals surface area (Å²) in [7, 11) is 0. The molecule has 1 atom stereocenters. The summed E-state index contributed by atoms with van der Waals surface area (Å²) >= 11 is 0. The van der Waals surface area contributed by atoms with E-state index in [-0.39, 0.29) is 11.9 Å². The molecule has 2 aromatic rings. The van der Waals surface area contributed by atoms with Crippen molar-refractivity contribution in [1.82, 2.24) is 20.0 Å². The van der Waals surface area contributed by atoms with Gasteiger partial charge < -0.3 is 14.2 Å². The summed E-state index contributed by atoms with van der Waals surface area (Å²) in [6.07, 6.45) is 3.30. The SMILES string of the molecule is Cc1ccc(CC(=O)N2CCOCC2c2ncon2)cn1. The van der Waals surface area contributed by atoms with E-state index in [1.165, 1.54) is 6.39 Å². The van der Waals surface area contributed by atoms with Crippen molar-refractivity contribution in [2.24, 2.45) is 0 Å². The Balaban J connectivity index is 1.73. The second kappa shape index (κ2) is 6.01. The second-order valence-corrected chi connectivity index (χ2v) is 4.95. The molecule has 1 unspecified atom stereocenters. The maximum atomic E-state index is 12.5. The highest BCUT2D eigenvalue weighted by molar-refractivity contribution is 5.79. The van der Waals surface area contributed by atoms with E-state index in [2.05, 4.69) is 15.1 Å². The molecule has 1 amide bonds. The summed E-state index contributed by atoms with van der Waals surface area (Å²) in [4.78, 5) is 22.5. The molecular formula is C14H16N4O3. The number of hydrogen-bond donors (Lipinski definition) is 0. The van der Waals surface area contributed by atoms with Gasteiger partial charge in [0, 0.05) is 18.4 Å². The maximum Gasteiger partial charge on any atom is 0.227 e. The lowest BCUT2D eigenvalue weighted by atomic mass is 10.1. The van der Waals surface area contributed by atoms with E-state index < -0.39 is 0 Å². The van der Waals surface area contributed by atoms with Crippen LogP contribution in [-0.4, -0.2) is 45.7 Å². The van der Waals surface area contributed by atoms with Crippen LogP contribution in [0.5, 0.6) is 0 Å². The van der Waals surface area contributed by atoms with Gasteiger partial charge in [0.2, 0.25) is 12.3 Å². The maximum absolute atomic E-state index is 12.5. The van der Waals surface area contributed by atoms with Crippen LogP contribution in [0.1, 0.15) is 23.1 Å². The van der Waals surface area contributed by atoms with Crippen LogP contribution in [0.25, 0.3) is 0 Å². The molecule has 1 aliphatic rings. The van der Waals surface area contributed by atoms with Gasteiger partial charge in [0.25, 0.3) is 0 Å². The van der Waals surface area contributed by atoms with E-state index in [1.54, 1.807) is 11.1 Å². The molecule has 2 aromatic heterocycles. The standard InChI is InChI=1S/C14H16N4O3/c1-10-2-3-11(7-15-10)6-13(19)18-4-5-20-8-12(18)14-16-9-21-17-14/h2-3,7,9,12H,4-6,8H2,1H3. The summed E-state index contributed by atoms with van der Waals surface area (Å²) in [5.41, 5.74) is 1.83. The van der Waals surface area contributed by atoms with Crippen LogP contribution in [0, 0.1) is 6.92 Å². The number of aryl methyl sites for hydroxylation is 1. The van der Waals surface area contributed by atoms with Crippen LogP contribution in [-0.2, 0) is 16.0 Å². The quantitative estimate of drug-likeness (QED) is 0.835. The van der Waals surface area contributed by atoms with Crippen LogP contribution >= 0.6 is 0 Å². The monoisotopic (exact) mass is 288 g/mol. The second-order valence-electron chi connectivity index (χ2n) is 4.95. The molecule has 7 heteroatoms. The van der Waals surface area contributed by atoms with E-state index in [0.717, 1.165) is 11.3 Å². The summed E-state index contributed by atoms with van der Waals surface area (Å²) < 4.78 is 10.2. The molecule has 0 N–H and O–H groups in total. The lowest BCUT2D eigenvalue weighted by Crippen LogP contribution is -2.44. The molecule has 1 saturated heterocycles. The van der Waals surface area contributed by atoms with Gasteiger partial charge in [-0.2, -0.15) is 4.98 Å². The number of aromatic nitrogens is 3. The number of hydrogen-bond acceptors (Lipinski definition) is 6. The Labute approximate surface area is 121 Å². The zero-order valence-electron chi connectivity index (χ0n) is 11.7. The summed E-state index contributed by atoms with van der Waals surface area (Å²) in [6, 6.07) is 3.53. The van der Waals surface area contributed by atoms with E-state index >= 15 is 0 Å². The highest BCUT2D eigenvalue weighted by Gasteiger charge is 2.31. The van der Waals surface area contributed by atoms with Gasteiger partial charge in [0.1, 0.15) is 6.04 Å². The van der Waals surface area contributed by atoms with Crippen LogP contribution in [0.3, 0.4) is 0 Å². The zero-order chi connectivity index (χ0) is 14.7. The van der Waals surface area contributed by atoms with Crippen LogP contribution in [0.2, 0.25) is 0 Å². The highest BCUT2D eigenvalue weighted by Crippen LogP contribution is 2.22. The molecule has 0 spiro atoms. The number of carbonyl (C=O) groups excluding carboxylic acids is 1. The third-order valence-corrected chi connectivity index (χ3v) is 3.45. The first-order chi connectivity index (χ1) is 10.2. The molecule has 3 rings (SSSR count). The molecule has 0 aromatic carbocycles. The molecule has 21 heavy (non-hydrogen) atoms. The fraction of sp³-hybridized carbons (Fsp3) is 0.429. The Morgan fingerprint density at radius 1 is 1.43 bits per heavy atom. The fourth-order valence-corrected chi connectivity index (χ4v) is 2.32. The van der Waals surface area contributed by atoms with Crippen LogP contribution in [0.4, 0.5) is 0 Å². The highest BCUT2D eigenvalue weighted by atomic mass is 16.5. The normalized spacial score (nSPS) is 18.7. The summed E-state index contributed by atoms with van der Waals surface area (Å²) in [5, 5.41) is 3.82. The molecule has 7 nitrogen and oxygen atoms in total. The van der Waals surface area contributed by atoms with E-state index in [0.29, 0.717) is 32.0 Å². The van der Waals surface area contributed by atoms with Gasteiger partial charge in [-0.1, -0.05) is 11.2 Å². The molecule has 0 saturated carbocycles. The average molecular weight is 288 g/mol. The van der Waals surface area contributed by atoms with E-state index in [9.17, 15) is 4.79 Å². The molecule has 110 valence electrons. The van der Waals surface area contributed by atoms with Gasteiger partial charge in [-0.25, -0.2) is 0 Å². The number of amides is 1.